The lowest BCUT2D eigenvalue weighted by Crippen LogP contribution is -2.38. The van der Waals surface area contributed by atoms with E-state index in [1.54, 1.807) is 30.3 Å². The fraction of sp³-hybridized carbons (Fsp3) is 0.300. The van der Waals surface area contributed by atoms with Crippen LogP contribution in [0, 0.1) is 0 Å². The maximum atomic E-state index is 13.3. The summed E-state index contributed by atoms with van der Waals surface area (Å²) >= 11 is 7.24. The number of carbonyl (C=O) groups is 1. The number of para-hydroxylation sites is 1. The summed E-state index contributed by atoms with van der Waals surface area (Å²) in [5.41, 5.74) is -0.988. The predicted octanol–water partition coefficient (Wildman–Crippen LogP) is 4.04. The molecule has 1 amide bonds. The van der Waals surface area contributed by atoms with Crippen molar-refractivity contribution in [3.8, 4) is 5.75 Å². The van der Waals surface area contributed by atoms with Crippen LogP contribution in [-0.4, -0.2) is 48.9 Å². The Morgan fingerprint density at radius 3 is 2.59 bits per heavy atom. The van der Waals surface area contributed by atoms with E-state index in [1.165, 1.54) is 4.90 Å². The Kier molecular flexibility index (Phi) is 6.17. The largest absolute Gasteiger partial charge is 0.484 e. The molecule has 0 N–H and O–H groups in total. The number of benzene rings is 2. The Morgan fingerprint density at radius 2 is 1.91 bits per heavy atom. The van der Waals surface area contributed by atoms with Gasteiger partial charge in [-0.2, -0.15) is 18.2 Å². The van der Waals surface area contributed by atoms with Crippen LogP contribution < -0.4 is 9.64 Å². The van der Waals surface area contributed by atoms with Crippen LogP contribution in [-0.2, 0) is 20.8 Å². The van der Waals surface area contributed by atoms with E-state index >= 15 is 0 Å². The number of amidine groups is 1. The first-order valence-electron chi connectivity index (χ1n) is 9.36. The van der Waals surface area contributed by atoms with Crippen molar-refractivity contribution in [2.75, 3.05) is 23.0 Å². The molecule has 2 fully saturated rings. The lowest BCUT2D eigenvalue weighted by atomic mass is 10.1. The fourth-order valence-electron chi connectivity index (χ4n) is 3.52. The average Bonchev–Trinajstić information content (AvgIpc) is 3.17. The molecule has 170 valence electrons. The van der Waals surface area contributed by atoms with E-state index in [2.05, 4.69) is 4.99 Å². The quantitative estimate of drug-likeness (QED) is 0.625. The van der Waals surface area contributed by atoms with Gasteiger partial charge in [-0.15, -0.1) is 0 Å². The summed E-state index contributed by atoms with van der Waals surface area (Å²) in [6, 6.07) is 10.7. The van der Waals surface area contributed by atoms with Crippen molar-refractivity contribution in [1.29, 1.82) is 0 Å². The van der Waals surface area contributed by atoms with Gasteiger partial charge in [-0.25, -0.2) is 8.42 Å². The number of nitrogens with zero attached hydrogens (tertiary/aromatic N) is 2. The summed E-state index contributed by atoms with van der Waals surface area (Å²) < 4.78 is 69.5. The van der Waals surface area contributed by atoms with Gasteiger partial charge < -0.3 is 9.64 Å². The van der Waals surface area contributed by atoms with E-state index in [0.717, 1.165) is 30.0 Å². The summed E-state index contributed by atoms with van der Waals surface area (Å²) in [6.07, 6.45) is -4.62. The monoisotopic (exact) mass is 504 g/mol. The number of hydrogen-bond donors (Lipinski definition) is 0. The van der Waals surface area contributed by atoms with Crippen molar-refractivity contribution < 1.29 is 31.1 Å². The number of anilines is 1. The van der Waals surface area contributed by atoms with Gasteiger partial charge in [-0.05, 0) is 30.3 Å². The molecular weight excluding hydrogens is 489 g/mol. The zero-order valence-corrected chi connectivity index (χ0v) is 18.6. The summed E-state index contributed by atoms with van der Waals surface area (Å²) in [7, 11) is -3.39. The Labute approximate surface area is 191 Å². The van der Waals surface area contributed by atoms with Crippen molar-refractivity contribution in [3.05, 3.63) is 59.1 Å². The normalized spacial score (nSPS) is 23.4. The Hall–Kier alpha value is -2.24. The van der Waals surface area contributed by atoms with Crippen molar-refractivity contribution in [2.45, 2.75) is 17.5 Å². The highest BCUT2D eigenvalue weighted by molar-refractivity contribution is 8.16. The standard InChI is InChI=1S/C20H16ClF3N2O4S2/c21-14-7-6-12(20(22,23)24)8-15(14)26-16-10-32(28,29)11-17(16)31-19(26)25-18(27)9-30-13-4-2-1-3-5-13/h1-8,16-17H,9-11H2/t16-,17+/m1/s1. The molecule has 12 heteroatoms. The average molecular weight is 505 g/mol. The molecule has 0 spiro atoms. The molecule has 0 bridgehead atoms. The molecule has 0 unspecified atom stereocenters. The van der Waals surface area contributed by atoms with Crippen LogP contribution in [0.4, 0.5) is 18.9 Å². The lowest BCUT2D eigenvalue weighted by molar-refractivity contribution is -0.137. The number of carbonyl (C=O) groups excluding carboxylic acids is 1. The second-order valence-corrected chi connectivity index (χ2v) is 11.0. The van der Waals surface area contributed by atoms with Crippen LogP contribution in [0.5, 0.6) is 5.75 Å². The molecule has 2 atom stereocenters. The number of sulfone groups is 1. The van der Waals surface area contributed by atoms with Gasteiger partial charge in [-0.1, -0.05) is 41.6 Å². The molecule has 2 saturated heterocycles. The molecule has 0 radical (unpaired) electrons. The zero-order chi connectivity index (χ0) is 23.1. The zero-order valence-electron chi connectivity index (χ0n) is 16.3. The van der Waals surface area contributed by atoms with Crippen LogP contribution in [0.25, 0.3) is 0 Å². The molecular formula is C20H16ClF3N2O4S2. The molecule has 4 rings (SSSR count). The number of ether oxygens (including phenoxy) is 1. The van der Waals surface area contributed by atoms with E-state index in [0.29, 0.717) is 5.75 Å². The van der Waals surface area contributed by atoms with Crippen LogP contribution in [0.2, 0.25) is 5.02 Å². The number of rotatable bonds is 4. The molecule has 2 heterocycles. The molecule has 2 aliphatic heterocycles. The Bertz CT molecular complexity index is 1170. The first kappa shape index (κ1) is 22.9. The van der Waals surface area contributed by atoms with Gasteiger partial charge in [-0.3, -0.25) is 4.79 Å². The van der Waals surface area contributed by atoms with Gasteiger partial charge in [0, 0.05) is 5.25 Å². The van der Waals surface area contributed by atoms with E-state index in [-0.39, 0.29) is 34.0 Å². The summed E-state index contributed by atoms with van der Waals surface area (Å²) in [6.45, 7) is -0.383. The third-order valence-electron chi connectivity index (χ3n) is 4.93. The predicted molar refractivity (Wildman–Crippen MR) is 117 cm³/mol. The number of halogens is 4. The smallest absolute Gasteiger partial charge is 0.416 e. The van der Waals surface area contributed by atoms with E-state index < -0.39 is 38.8 Å². The number of aliphatic imine (C=N–C) groups is 1. The Morgan fingerprint density at radius 1 is 1.19 bits per heavy atom. The maximum absolute atomic E-state index is 13.3. The number of alkyl halides is 3. The van der Waals surface area contributed by atoms with E-state index in [4.69, 9.17) is 16.3 Å². The highest BCUT2D eigenvalue weighted by Crippen LogP contribution is 2.44. The summed E-state index contributed by atoms with van der Waals surface area (Å²) in [4.78, 5) is 17.8. The fourth-order valence-corrected chi connectivity index (χ4v) is 7.65. The first-order valence-corrected chi connectivity index (χ1v) is 12.4. The highest BCUT2D eigenvalue weighted by atomic mass is 35.5. The van der Waals surface area contributed by atoms with Crippen LogP contribution in [0.15, 0.2) is 53.5 Å². The molecule has 0 aliphatic carbocycles. The minimum Gasteiger partial charge on any atom is -0.484 e. The SMILES string of the molecule is O=C(COc1ccccc1)N=C1S[C@H]2CS(=O)(=O)C[C@H]2N1c1cc(C(F)(F)F)ccc1Cl. The minimum atomic E-state index is -4.62. The van der Waals surface area contributed by atoms with Crippen molar-refractivity contribution >= 4 is 50.0 Å². The van der Waals surface area contributed by atoms with Crippen molar-refractivity contribution in [1.82, 2.24) is 0 Å². The Balaban J connectivity index is 1.66. The summed E-state index contributed by atoms with van der Waals surface area (Å²) in [5, 5.41) is -0.394. The van der Waals surface area contributed by atoms with Crippen LogP contribution in [0.1, 0.15) is 5.56 Å². The van der Waals surface area contributed by atoms with Gasteiger partial charge in [0.2, 0.25) is 0 Å². The minimum absolute atomic E-state index is 0.00997. The number of amides is 1. The molecule has 2 aliphatic rings. The second kappa shape index (κ2) is 8.60. The van der Waals surface area contributed by atoms with Crippen LogP contribution in [0.3, 0.4) is 0 Å². The topological polar surface area (TPSA) is 76.0 Å². The van der Waals surface area contributed by atoms with Gasteiger partial charge in [0.15, 0.2) is 21.6 Å². The molecule has 2 aromatic carbocycles. The van der Waals surface area contributed by atoms with Gasteiger partial charge in [0.25, 0.3) is 5.91 Å². The van der Waals surface area contributed by atoms with Crippen LogP contribution >= 0.6 is 23.4 Å². The third-order valence-corrected chi connectivity index (χ3v) is 8.45. The number of thioether (sulfide) groups is 1. The number of hydrogen-bond acceptors (Lipinski definition) is 5. The van der Waals surface area contributed by atoms with Crippen molar-refractivity contribution in [3.63, 3.8) is 0 Å². The van der Waals surface area contributed by atoms with Gasteiger partial charge >= 0.3 is 6.18 Å². The molecule has 0 aromatic heterocycles. The maximum Gasteiger partial charge on any atom is 0.416 e. The first-order chi connectivity index (χ1) is 15.0. The van der Waals surface area contributed by atoms with E-state index in [9.17, 15) is 26.4 Å². The molecule has 2 aromatic rings. The van der Waals surface area contributed by atoms with Gasteiger partial charge in [0.05, 0.1) is 33.8 Å². The third kappa shape index (κ3) is 4.89. The van der Waals surface area contributed by atoms with Gasteiger partial charge in [0.1, 0.15) is 5.75 Å². The second-order valence-electron chi connectivity index (χ2n) is 7.22. The summed E-state index contributed by atoms with van der Waals surface area (Å²) in [5.74, 6) is -0.637. The number of fused-ring (bicyclic) bond motifs is 1. The molecule has 32 heavy (non-hydrogen) atoms. The van der Waals surface area contributed by atoms with Crippen molar-refractivity contribution in [2.24, 2.45) is 4.99 Å². The molecule has 6 nitrogen and oxygen atoms in total. The molecule has 0 saturated carbocycles. The van der Waals surface area contributed by atoms with E-state index in [1.807, 2.05) is 0 Å². The highest BCUT2D eigenvalue weighted by Gasteiger charge is 2.50. The lowest BCUT2D eigenvalue weighted by Gasteiger charge is -2.26.